The molecule has 1 amide bonds. The van der Waals surface area contributed by atoms with Crippen LogP contribution >= 0.6 is 23.1 Å². The summed E-state index contributed by atoms with van der Waals surface area (Å²) < 4.78 is 5.76. The molecule has 2 fully saturated rings. The number of carbonyl (C=O) groups is 1. The van der Waals surface area contributed by atoms with E-state index in [4.69, 9.17) is 9.73 Å². The van der Waals surface area contributed by atoms with Crippen molar-refractivity contribution in [2.45, 2.75) is 45.1 Å². The predicted octanol–water partition coefficient (Wildman–Crippen LogP) is 5.35. The first-order valence-electron chi connectivity index (χ1n) is 10.1. The number of aromatic nitrogens is 2. The molecule has 2 aromatic rings. The van der Waals surface area contributed by atoms with Crippen molar-refractivity contribution in [3.63, 3.8) is 0 Å². The number of rotatable bonds is 6. The molecule has 0 spiro atoms. The van der Waals surface area contributed by atoms with Crippen molar-refractivity contribution >= 4 is 45.4 Å². The number of benzene rings is 1. The topological polar surface area (TPSA) is 67.7 Å². The maximum atomic E-state index is 13.4. The molecule has 156 valence electrons. The van der Waals surface area contributed by atoms with Crippen molar-refractivity contribution in [3.8, 4) is 5.75 Å². The third-order valence-corrected chi connectivity index (χ3v) is 6.76. The lowest BCUT2D eigenvalue weighted by molar-refractivity contribution is -0.124. The van der Waals surface area contributed by atoms with E-state index in [1.165, 1.54) is 29.5 Å². The van der Waals surface area contributed by atoms with E-state index in [-0.39, 0.29) is 11.9 Å². The molecule has 0 bridgehead atoms. The number of thioether (sulfide) groups is 1. The summed E-state index contributed by atoms with van der Waals surface area (Å²) >= 11 is 2.83. The van der Waals surface area contributed by atoms with Crippen LogP contribution in [0.2, 0.25) is 0 Å². The number of para-hydroxylation sites is 1. The lowest BCUT2D eigenvalue weighted by Gasteiger charge is -2.30. The number of aliphatic imine (C=N–C) groups is 1. The SMILES string of the molecule is C=CCOc1ccccc1/C=C1\S/C(=N/c2nnc(C)s2)N(C2CCCCC2)C1=O. The molecular weight excluding hydrogens is 416 g/mol. The number of ether oxygens (including phenoxy) is 1. The number of hydrogen-bond acceptors (Lipinski definition) is 7. The summed E-state index contributed by atoms with van der Waals surface area (Å²) in [4.78, 5) is 20.6. The van der Waals surface area contributed by atoms with Gasteiger partial charge in [0.25, 0.3) is 5.91 Å². The summed E-state index contributed by atoms with van der Waals surface area (Å²) in [6.07, 6.45) is 9.13. The Labute approximate surface area is 184 Å². The van der Waals surface area contributed by atoms with Crippen LogP contribution in [0.3, 0.4) is 0 Å². The van der Waals surface area contributed by atoms with E-state index in [9.17, 15) is 4.79 Å². The van der Waals surface area contributed by atoms with Crippen LogP contribution in [0.4, 0.5) is 5.13 Å². The van der Waals surface area contributed by atoms with Gasteiger partial charge in [0.15, 0.2) is 5.17 Å². The maximum Gasteiger partial charge on any atom is 0.267 e. The van der Waals surface area contributed by atoms with Gasteiger partial charge in [-0.25, -0.2) is 0 Å². The summed E-state index contributed by atoms with van der Waals surface area (Å²) in [5.41, 5.74) is 0.867. The van der Waals surface area contributed by atoms with Crippen LogP contribution in [0.5, 0.6) is 5.75 Å². The Hall–Kier alpha value is -2.45. The molecule has 1 saturated carbocycles. The molecule has 30 heavy (non-hydrogen) atoms. The number of nitrogens with zero attached hydrogens (tertiary/aromatic N) is 4. The van der Waals surface area contributed by atoms with E-state index >= 15 is 0 Å². The highest BCUT2D eigenvalue weighted by Gasteiger charge is 2.39. The summed E-state index contributed by atoms with van der Waals surface area (Å²) in [6.45, 7) is 6.02. The fourth-order valence-corrected chi connectivity index (χ4v) is 5.31. The number of aryl methyl sites for hydroxylation is 1. The van der Waals surface area contributed by atoms with Gasteiger partial charge in [-0.15, -0.1) is 10.2 Å². The zero-order valence-corrected chi connectivity index (χ0v) is 18.5. The number of amidine groups is 1. The molecular formula is C22H24N4O2S2. The first-order chi connectivity index (χ1) is 14.7. The van der Waals surface area contributed by atoms with Crippen molar-refractivity contribution in [2.24, 2.45) is 4.99 Å². The Morgan fingerprint density at radius 3 is 2.80 bits per heavy atom. The highest BCUT2D eigenvalue weighted by molar-refractivity contribution is 8.18. The number of carbonyl (C=O) groups excluding carboxylic acids is 1. The highest BCUT2D eigenvalue weighted by Crippen LogP contribution is 2.39. The van der Waals surface area contributed by atoms with Gasteiger partial charge in [-0.3, -0.25) is 9.69 Å². The second-order valence-electron chi connectivity index (χ2n) is 7.21. The molecule has 0 unspecified atom stereocenters. The van der Waals surface area contributed by atoms with Gasteiger partial charge in [-0.05, 0) is 43.7 Å². The van der Waals surface area contributed by atoms with Crippen molar-refractivity contribution in [3.05, 3.63) is 52.4 Å². The fraction of sp³-hybridized carbons (Fsp3) is 0.364. The first kappa shape index (κ1) is 20.8. The molecule has 0 atom stereocenters. The standard InChI is InChI=1S/C22H24N4O2S2/c1-3-13-28-18-12-8-7-9-16(18)14-19-20(27)26(17-10-5-4-6-11-17)22(30-19)23-21-25-24-15(2)29-21/h3,7-9,12,14,17H,1,4-6,10-11,13H2,2H3/b19-14-,23-22+. The largest absolute Gasteiger partial charge is 0.489 e. The maximum absolute atomic E-state index is 13.4. The molecule has 1 aromatic heterocycles. The normalized spacial score (nSPS) is 20.3. The van der Waals surface area contributed by atoms with Crippen molar-refractivity contribution in [1.29, 1.82) is 0 Å². The summed E-state index contributed by atoms with van der Waals surface area (Å²) in [7, 11) is 0. The zero-order valence-electron chi connectivity index (χ0n) is 16.9. The van der Waals surface area contributed by atoms with Gasteiger partial charge in [-0.2, -0.15) is 4.99 Å². The zero-order chi connectivity index (χ0) is 20.9. The van der Waals surface area contributed by atoms with Gasteiger partial charge >= 0.3 is 0 Å². The lowest BCUT2D eigenvalue weighted by Crippen LogP contribution is -2.40. The monoisotopic (exact) mass is 440 g/mol. The quantitative estimate of drug-likeness (QED) is 0.447. The minimum atomic E-state index is 0.00501. The van der Waals surface area contributed by atoms with Crippen LogP contribution in [0.15, 0.2) is 46.8 Å². The predicted molar refractivity (Wildman–Crippen MR) is 123 cm³/mol. The molecule has 8 heteroatoms. The van der Waals surface area contributed by atoms with E-state index in [1.807, 2.05) is 42.2 Å². The average Bonchev–Trinajstić information content (AvgIpc) is 3.30. The minimum absolute atomic E-state index is 0.00501. The van der Waals surface area contributed by atoms with Crippen LogP contribution < -0.4 is 4.74 Å². The molecule has 0 N–H and O–H groups in total. The summed E-state index contributed by atoms with van der Waals surface area (Å²) in [5.74, 6) is 0.734. The van der Waals surface area contributed by atoms with Gasteiger partial charge < -0.3 is 4.74 Å². The van der Waals surface area contributed by atoms with Gasteiger partial charge in [0.1, 0.15) is 17.4 Å². The van der Waals surface area contributed by atoms with Gasteiger partial charge in [0.2, 0.25) is 5.13 Å². The lowest BCUT2D eigenvalue weighted by atomic mass is 9.94. The van der Waals surface area contributed by atoms with Crippen LogP contribution in [0.1, 0.15) is 42.7 Å². The second kappa shape index (κ2) is 9.57. The van der Waals surface area contributed by atoms with Crippen molar-refractivity contribution in [1.82, 2.24) is 15.1 Å². The number of hydrogen-bond donors (Lipinski definition) is 0. The molecule has 1 aliphatic carbocycles. The van der Waals surface area contributed by atoms with E-state index in [0.29, 0.717) is 21.8 Å². The van der Waals surface area contributed by atoms with E-state index in [1.54, 1.807) is 6.08 Å². The van der Waals surface area contributed by atoms with E-state index < -0.39 is 0 Å². The molecule has 4 rings (SSSR count). The summed E-state index contributed by atoms with van der Waals surface area (Å²) in [5, 5.41) is 10.3. The van der Waals surface area contributed by atoms with Gasteiger partial charge in [0.05, 0.1) is 4.91 Å². The van der Waals surface area contributed by atoms with E-state index in [2.05, 4.69) is 16.8 Å². The van der Waals surface area contributed by atoms with Gasteiger partial charge in [0, 0.05) is 11.6 Å². The molecule has 2 aliphatic rings. The number of amides is 1. The molecule has 1 saturated heterocycles. The molecule has 0 radical (unpaired) electrons. The van der Waals surface area contributed by atoms with Crippen LogP contribution in [0, 0.1) is 6.92 Å². The average molecular weight is 441 g/mol. The Bertz CT molecular complexity index is 993. The van der Waals surface area contributed by atoms with Crippen LogP contribution in [-0.2, 0) is 4.79 Å². The first-order valence-corrected chi connectivity index (χ1v) is 11.7. The van der Waals surface area contributed by atoms with Crippen molar-refractivity contribution < 1.29 is 9.53 Å². The third-order valence-electron chi connectivity index (χ3n) is 5.05. The Morgan fingerprint density at radius 1 is 1.27 bits per heavy atom. The second-order valence-corrected chi connectivity index (χ2v) is 9.38. The fourth-order valence-electron chi connectivity index (χ4n) is 3.66. The molecule has 1 aromatic carbocycles. The Balaban J connectivity index is 1.68. The Morgan fingerprint density at radius 2 is 2.07 bits per heavy atom. The third kappa shape index (κ3) is 4.65. The highest BCUT2D eigenvalue weighted by atomic mass is 32.2. The summed E-state index contributed by atoms with van der Waals surface area (Å²) in [6, 6.07) is 7.90. The Kier molecular flexibility index (Phi) is 6.64. The minimum Gasteiger partial charge on any atom is -0.489 e. The molecule has 2 heterocycles. The molecule has 6 nitrogen and oxygen atoms in total. The van der Waals surface area contributed by atoms with Crippen LogP contribution in [0.25, 0.3) is 6.08 Å². The van der Waals surface area contributed by atoms with Crippen molar-refractivity contribution in [2.75, 3.05) is 6.61 Å². The van der Waals surface area contributed by atoms with Gasteiger partial charge in [-0.1, -0.05) is 61.5 Å². The van der Waals surface area contributed by atoms with Crippen LogP contribution in [-0.4, -0.2) is 38.8 Å². The smallest absolute Gasteiger partial charge is 0.267 e. The molecule has 1 aliphatic heterocycles. The van der Waals surface area contributed by atoms with E-state index in [0.717, 1.165) is 42.0 Å².